The summed E-state index contributed by atoms with van der Waals surface area (Å²) in [6, 6.07) is 70.4. The second-order valence-corrected chi connectivity index (χ2v) is 12.9. The summed E-state index contributed by atoms with van der Waals surface area (Å²) in [6.07, 6.45) is 0. The van der Waals surface area contributed by atoms with Crippen LogP contribution in [0.1, 0.15) is 0 Å². The summed E-state index contributed by atoms with van der Waals surface area (Å²) in [7, 11) is 0. The van der Waals surface area contributed by atoms with Gasteiger partial charge in [0.15, 0.2) is 0 Å². The molecule has 0 radical (unpaired) electrons. The Hall–Kier alpha value is -6.64. The topological polar surface area (TPSA) is 9.86 Å². The van der Waals surface area contributed by atoms with Crippen LogP contribution >= 0.6 is 0 Å². The standard InChI is InChI=1S/C48H32N2/c1-3-21-39(37(19-1)33-15-13-17-35(31-33)49-45-27-9-5-23-41(45)42-24-6-10-28-46(42)49)40-22-4-2-20-38(40)34-16-14-18-36(32-34)50-47-29-11-7-25-43(47)44-26-8-12-30-48(44)50/h1-32H. The van der Waals surface area contributed by atoms with E-state index in [-0.39, 0.29) is 0 Å². The molecule has 0 saturated heterocycles. The number of rotatable bonds is 5. The first-order chi connectivity index (χ1) is 24.8. The molecule has 0 saturated carbocycles. The fourth-order valence-corrected chi connectivity index (χ4v) is 7.97. The molecular formula is C48H32N2. The Kier molecular flexibility index (Phi) is 6.53. The molecule has 2 nitrogen and oxygen atoms in total. The van der Waals surface area contributed by atoms with Crippen molar-refractivity contribution in [2.45, 2.75) is 0 Å². The Morgan fingerprint density at radius 3 is 0.900 bits per heavy atom. The molecule has 0 aliphatic heterocycles. The van der Waals surface area contributed by atoms with Gasteiger partial charge in [-0.15, -0.1) is 0 Å². The summed E-state index contributed by atoms with van der Waals surface area (Å²) in [4.78, 5) is 0. The predicted molar refractivity (Wildman–Crippen MR) is 211 cm³/mol. The highest BCUT2D eigenvalue weighted by molar-refractivity contribution is 6.10. The molecule has 0 aliphatic rings. The van der Waals surface area contributed by atoms with Gasteiger partial charge in [-0.2, -0.15) is 0 Å². The van der Waals surface area contributed by atoms with Gasteiger partial charge >= 0.3 is 0 Å². The van der Waals surface area contributed by atoms with Crippen LogP contribution in [0.4, 0.5) is 0 Å². The lowest BCUT2D eigenvalue weighted by atomic mass is 9.89. The summed E-state index contributed by atoms with van der Waals surface area (Å²) in [5.41, 5.74) is 14.4. The van der Waals surface area contributed by atoms with Crippen molar-refractivity contribution in [3.05, 3.63) is 194 Å². The van der Waals surface area contributed by atoms with Crippen molar-refractivity contribution in [1.82, 2.24) is 9.13 Å². The van der Waals surface area contributed by atoms with Gasteiger partial charge in [0.05, 0.1) is 22.1 Å². The molecule has 0 unspecified atom stereocenters. The highest BCUT2D eigenvalue weighted by Crippen LogP contribution is 2.41. The van der Waals surface area contributed by atoms with Gasteiger partial charge in [0.2, 0.25) is 0 Å². The lowest BCUT2D eigenvalue weighted by Gasteiger charge is -2.17. The van der Waals surface area contributed by atoms with E-state index in [1.165, 1.54) is 77.0 Å². The minimum atomic E-state index is 1.15. The highest BCUT2D eigenvalue weighted by atomic mass is 15.0. The fourth-order valence-electron chi connectivity index (χ4n) is 7.97. The van der Waals surface area contributed by atoms with Crippen LogP contribution in [0.15, 0.2) is 194 Å². The van der Waals surface area contributed by atoms with Crippen LogP contribution in [0.2, 0.25) is 0 Å². The fraction of sp³-hybridized carbons (Fsp3) is 0. The van der Waals surface area contributed by atoms with Crippen LogP contribution in [-0.2, 0) is 0 Å². The van der Waals surface area contributed by atoms with Crippen molar-refractivity contribution in [2.24, 2.45) is 0 Å². The summed E-state index contributed by atoms with van der Waals surface area (Å²) >= 11 is 0. The first-order valence-corrected chi connectivity index (χ1v) is 17.2. The number of hydrogen-bond donors (Lipinski definition) is 0. The molecule has 234 valence electrons. The van der Waals surface area contributed by atoms with Crippen LogP contribution in [0.5, 0.6) is 0 Å². The Morgan fingerprint density at radius 1 is 0.240 bits per heavy atom. The molecule has 10 rings (SSSR count). The zero-order chi connectivity index (χ0) is 33.0. The lowest BCUT2D eigenvalue weighted by Crippen LogP contribution is -1.96. The third-order valence-electron chi connectivity index (χ3n) is 10.1. The molecule has 0 bridgehead atoms. The minimum Gasteiger partial charge on any atom is -0.309 e. The van der Waals surface area contributed by atoms with E-state index in [2.05, 4.69) is 203 Å². The summed E-state index contributed by atoms with van der Waals surface area (Å²) in [5, 5.41) is 5.08. The second kappa shape index (κ2) is 11.5. The summed E-state index contributed by atoms with van der Waals surface area (Å²) in [6.45, 7) is 0. The number of benzene rings is 8. The number of para-hydroxylation sites is 4. The maximum Gasteiger partial charge on any atom is 0.0541 e. The monoisotopic (exact) mass is 636 g/mol. The van der Waals surface area contributed by atoms with E-state index in [1.54, 1.807) is 0 Å². The van der Waals surface area contributed by atoms with Crippen molar-refractivity contribution < 1.29 is 0 Å². The van der Waals surface area contributed by atoms with Gasteiger partial charge in [0.1, 0.15) is 0 Å². The van der Waals surface area contributed by atoms with E-state index < -0.39 is 0 Å². The third-order valence-corrected chi connectivity index (χ3v) is 10.1. The number of nitrogens with zero attached hydrogens (tertiary/aromatic N) is 2. The molecule has 10 aromatic rings. The van der Waals surface area contributed by atoms with Crippen LogP contribution in [0, 0.1) is 0 Å². The average molecular weight is 637 g/mol. The van der Waals surface area contributed by atoms with E-state index in [0.717, 1.165) is 11.4 Å². The van der Waals surface area contributed by atoms with Gasteiger partial charge in [0, 0.05) is 32.9 Å². The summed E-state index contributed by atoms with van der Waals surface area (Å²) < 4.78 is 4.79. The zero-order valence-electron chi connectivity index (χ0n) is 27.4. The Morgan fingerprint density at radius 2 is 0.540 bits per heavy atom. The molecule has 0 aliphatic carbocycles. The van der Waals surface area contributed by atoms with Crippen molar-refractivity contribution in [3.63, 3.8) is 0 Å². The SMILES string of the molecule is c1cc(-c2ccccc2-c2ccccc2-c2cccc(-n3c4ccccc4c4ccccc43)c2)cc(-n2c3ccccc3c3ccccc32)c1. The van der Waals surface area contributed by atoms with E-state index in [0.29, 0.717) is 0 Å². The lowest BCUT2D eigenvalue weighted by molar-refractivity contribution is 1.18. The Balaban J connectivity index is 1.12. The molecule has 0 fully saturated rings. The molecule has 8 aromatic carbocycles. The first-order valence-electron chi connectivity index (χ1n) is 17.2. The van der Waals surface area contributed by atoms with Crippen molar-refractivity contribution in [3.8, 4) is 44.8 Å². The molecular weight excluding hydrogens is 605 g/mol. The van der Waals surface area contributed by atoms with E-state index in [9.17, 15) is 0 Å². The number of fused-ring (bicyclic) bond motifs is 6. The molecule has 0 amide bonds. The largest absolute Gasteiger partial charge is 0.309 e. The van der Waals surface area contributed by atoms with Crippen LogP contribution < -0.4 is 0 Å². The summed E-state index contributed by atoms with van der Waals surface area (Å²) in [5.74, 6) is 0. The number of hydrogen-bond acceptors (Lipinski definition) is 0. The predicted octanol–water partition coefficient (Wildman–Crippen LogP) is 12.9. The van der Waals surface area contributed by atoms with Gasteiger partial charge in [-0.3, -0.25) is 0 Å². The molecule has 0 atom stereocenters. The number of aromatic nitrogens is 2. The maximum atomic E-state index is 2.39. The van der Waals surface area contributed by atoms with Crippen LogP contribution in [-0.4, -0.2) is 9.13 Å². The van der Waals surface area contributed by atoms with Crippen LogP contribution in [0.3, 0.4) is 0 Å². The molecule has 50 heavy (non-hydrogen) atoms. The average Bonchev–Trinajstić information content (AvgIpc) is 3.71. The molecule has 2 aromatic heterocycles. The third kappa shape index (κ3) is 4.43. The Labute approximate surface area is 290 Å². The zero-order valence-corrected chi connectivity index (χ0v) is 27.4. The van der Waals surface area contributed by atoms with Gasteiger partial charge in [0.25, 0.3) is 0 Å². The van der Waals surface area contributed by atoms with Crippen molar-refractivity contribution in [1.29, 1.82) is 0 Å². The Bertz CT molecular complexity index is 2580. The van der Waals surface area contributed by atoms with Gasteiger partial charge in [-0.05, 0) is 81.9 Å². The molecule has 2 heterocycles. The minimum absolute atomic E-state index is 1.15. The normalized spacial score (nSPS) is 11.6. The van der Waals surface area contributed by atoms with Gasteiger partial charge < -0.3 is 9.13 Å². The van der Waals surface area contributed by atoms with E-state index in [4.69, 9.17) is 0 Å². The first kappa shape index (κ1) is 28.4. The maximum absolute atomic E-state index is 2.39. The molecule has 2 heteroatoms. The van der Waals surface area contributed by atoms with Gasteiger partial charge in [-0.25, -0.2) is 0 Å². The van der Waals surface area contributed by atoms with Crippen molar-refractivity contribution in [2.75, 3.05) is 0 Å². The molecule has 0 spiro atoms. The smallest absolute Gasteiger partial charge is 0.0541 e. The highest BCUT2D eigenvalue weighted by Gasteiger charge is 2.17. The van der Waals surface area contributed by atoms with Gasteiger partial charge in [-0.1, -0.05) is 146 Å². The van der Waals surface area contributed by atoms with E-state index in [1.807, 2.05) is 0 Å². The second-order valence-electron chi connectivity index (χ2n) is 12.9. The quantitative estimate of drug-likeness (QED) is 0.178. The van der Waals surface area contributed by atoms with E-state index >= 15 is 0 Å². The van der Waals surface area contributed by atoms with Crippen molar-refractivity contribution >= 4 is 43.6 Å². The van der Waals surface area contributed by atoms with Crippen LogP contribution in [0.25, 0.3) is 88.4 Å². The molecule has 0 N–H and O–H groups in total.